The van der Waals surface area contributed by atoms with E-state index in [0.717, 1.165) is 61.7 Å². The molecule has 2 aliphatic carbocycles. The zero-order valence-corrected chi connectivity index (χ0v) is 24.6. The van der Waals surface area contributed by atoms with Gasteiger partial charge in [-0.1, -0.05) is 29.8 Å². The summed E-state index contributed by atoms with van der Waals surface area (Å²) in [5, 5.41) is 6.76. The first-order chi connectivity index (χ1) is 19.3. The first-order valence-corrected chi connectivity index (χ1v) is 16.5. The summed E-state index contributed by atoms with van der Waals surface area (Å²) in [6.07, 6.45) is 10.9. The number of nitrogens with two attached hydrogens (primary N) is 1. The molecule has 7 nitrogen and oxygen atoms in total. The van der Waals surface area contributed by atoms with Crippen LogP contribution in [0.25, 0.3) is 0 Å². The molecule has 214 valence electrons. The minimum atomic E-state index is -3.13. The number of fused-ring (bicyclic) bond motifs is 4. The number of carbonyl (C=O) groups excluding carboxylic acids is 1. The number of ether oxygens (including phenoxy) is 2. The Morgan fingerprint density at radius 1 is 1.20 bits per heavy atom. The average molecular weight is 584 g/mol. The Morgan fingerprint density at radius 2 is 2.08 bits per heavy atom. The number of hydrogen-bond donors (Lipinski definition) is 1. The largest absolute Gasteiger partial charge is 0.490 e. The van der Waals surface area contributed by atoms with Crippen LogP contribution in [-0.2, 0) is 26.5 Å². The molecule has 9 heteroatoms. The van der Waals surface area contributed by atoms with Gasteiger partial charge >= 0.3 is 0 Å². The second kappa shape index (κ2) is 11.1. The van der Waals surface area contributed by atoms with Crippen molar-refractivity contribution in [2.24, 2.45) is 21.3 Å². The Morgan fingerprint density at radius 3 is 2.88 bits per heavy atom. The summed E-state index contributed by atoms with van der Waals surface area (Å²) in [6, 6.07) is 11.7. The number of methoxy groups -OCH3 is 1. The van der Waals surface area contributed by atoms with Crippen LogP contribution in [0.5, 0.6) is 5.75 Å². The number of anilines is 1. The number of halogens is 1. The second-order valence-electron chi connectivity index (χ2n) is 11.8. The van der Waals surface area contributed by atoms with Gasteiger partial charge < -0.3 is 14.4 Å². The van der Waals surface area contributed by atoms with Gasteiger partial charge in [-0.2, -0.15) is 0 Å². The molecule has 0 aromatic heterocycles. The molecule has 0 radical (unpaired) electrons. The van der Waals surface area contributed by atoms with E-state index >= 15 is 0 Å². The Balaban J connectivity index is 1.44. The van der Waals surface area contributed by atoms with Gasteiger partial charge in [0, 0.05) is 42.0 Å². The lowest BCUT2D eigenvalue weighted by Crippen LogP contribution is -2.49. The number of nitrogens with zero attached hydrogens (tertiary/aromatic N) is 2. The summed E-state index contributed by atoms with van der Waals surface area (Å²) in [4.78, 5) is 15.6. The van der Waals surface area contributed by atoms with Crippen LogP contribution in [0.4, 0.5) is 5.69 Å². The van der Waals surface area contributed by atoms with Crippen molar-refractivity contribution in [1.29, 1.82) is 0 Å². The minimum absolute atomic E-state index is 0.0284. The fraction of sp³-hybridized carbons (Fsp3) is 0.516. The number of allylic oxidation sites excluding steroid dienone is 1. The summed E-state index contributed by atoms with van der Waals surface area (Å²) in [6.45, 7) is 2.16. The molecule has 1 spiro atoms. The van der Waals surface area contributed by atoms with Gasteiger partial charge in [0.15, 0.2) is 0 Å². The van der Waals surface area contributed by atoms with Crippen molar-refractivity contribution in [1.82, 2.24) is 0 Å². The highest BCUT2D eigenvalue weighted by Crippen LogP contribution is 2.47. The van der Waals surface area contributed by atoms with E-state index in [1.165, 1.54) is 11.1 Å². The van der Waals surface area contributed by atoms with E-state index in [2.05, 4.69) is 33.5 Å². The quantitative estimate of drug-likeness (QED) is 0.436. The third kappa shape index (κ3) is 5.43. The molecule has 1 saturated carbocycles. The van der Waals surface area contributed by atoms with Crippen molar-refractivity contribution >= 4 is 33.1 Å². The molecule has 1 amide bonds. The van der Waals surface area contributed by atoms with Crippen LogP contribution in [0.2, 0.25) is 5.02 Å². The molecule has 2 aromatic carbocycles. The predicted octanol–water partition coefficient (Wildman–Crippen LogP) is 5.69. The van der Waals surface area contributed by atoms with Crippen LogP contribution in [0.15, 0.2) is 52.9 Å². The molecule has 40 heavy (non-hydrogen) atoms. The number of carbonyl (C=O) groups is 1. The summed E-state index contributed by atoms with van der Waals surface area (Å²) >= 11 is 6.40. The Hall–Kier alpha value is -2.39. The summed E-state index contributed by atoms with van der Waals surface area (Å²) in [5.74, 6) is 1.23. The molecule has 2 aliphatic heterocycles. The molecule has 2 aromatic rings. The molecule has 4 aliphatic rings. The molecule has 2 N–H and O–H groups in total. The van der Waals surface area contributed by atoms with E-state index < -0.39 is 15.8 Å². The minimum Gasteiger partial charge on any atom is -0.490 e. The lowest BCUT2D eigenvalue weighted by molar-refractivity contribution is 0.0132. The van der Waals surface area contributed by atoms with Crippen LogP contribution < -0.4 is 14.8 Å². The van der Waals surface area contributed by atoms with Crippen molar-refractivity contribution in [2.75, 3.05) is 37.5 Å². The van der Waals surface area contributed by atoms with Crippen LogP contribution in [0.3, 0.4) is 0 Å². The number of hydrogen-bond acceptors (Lipinski definition) is 5. The molecule has 0 saturated heterocycles. The van der Waals surface area contributed by atoms with E-state index in [1.54, 1.807) is 13.2 Å². The van der Waals surface area contributed by atoms with Crippen LogP contribution >= 0.6 is 11.6 Å². The predicted molar refractivity (Wildman–Crippen MR) is 160 cm³/mol. The van der Waals surface area contributed by atoms with E-state index in [4.69, 9.17) is 26.2 Å². The van der Waals surface area contributed by atoms with Crippen molar-refractivity contribution < 1.29 is 18.5 Å². The van der Waals surface area contributed by atoms with Gasteiger partial charge in [0.05, 0.1) is 18.4 Å². The number of amides is 1. The number of rotatable bonds is 1. The zero-order chi connectivity index (χ0) is 27.9. The molecule has 6 rings (SSSR count). The summed E-state index contributed by atoms with van der Waals surface area (Å²) in [7, 11) is -1.35. The van der Waals surface area contributed by atoms with Crippen LogP contribution in [0, 0.1) is 11.8 Å². The maximum absolute atomic E-state index is 13.2. The Bertz CT molecular complexity index is 1450. The molecular formula is C31H38ClN3O4S. The van der Waals surface area contributed by atoms with Gasteiger partial charge in [0.2, 0.25) is 0 Å². The normalized spacial score (nSPS) is 33.0. The van der Waals surface area contributed by atoms with Gasteiger partial charge in [0.25, 0.3) is 5.91 Å². The van der Waals surface area contributed by atoms with Crippen LogP contribution in [-0.4, -0.2) is 48.8 Å². The highest BCUT2D eigenvalue weighted by molar-refractivity contribution is 7.91. The van der Waals surface area contributed by atoms with Crippen molar-refractivity contribution in [2.45, 2.75) is 56.5 Å². The Labute approximate surface area is 242 Å². The fourth-order valence-corrected chi connectivity index (χ4v) is 8.31. The first kappa shape index (κ1) is 27.8. The van der Waals surface area contributed by atoms with Crippen molar-refractivity contribution in [3.05, 3.63) is 70.3 Å². The van der Waals surface area contributed by atoms with Gasteiger partial charge in [-0.15, -0.1) is 4.36 Å². The highest BCUT2D eigenvalue weighted by Gasteiger charge is 2.44. The fourth-order valence-electron chi connectivity index (χ4n) is 7.06. The summed E-state index contributed by atoms with van der Waals surface area (Å²) in [5.41, 5.74) is 3.66. The van der Waals surface area contributed by atoms with E-state index in [9.17, 15) is 9.00 Å². The molecule has 2 bridgehead atoms. The number of benzene rings is 2. The van der Waals surface area contributed by atoms with Crippen LogP contribution in [0.1, 0.15) is 60.0 Å². The maximum Gasteiger partial charge on any atom is 0.286 e. The molecule has 1 unspecified atom stereocenters. The number of aryl methyl sites for hydroxylation is 1. The van der Waals surface area contributed by atoms with Crippen molar-refractivity contribution in [3.8, 4) is 5.75 Å². The first-order valence-electron chi connectivity index (χ1n) is 14.3. The van der Waals surface area contributed by atoms with Gasteiger partial charge in [0.1, 0.15) is 15.7 Å². The zero-order valence-electron chi connectivity index (χ0n) is 23.0. The molecular weight excluding hydrogens is 546 g/mol. The van der Waals surface area contributed by atoms with E-state index in [1.807, 2.05) is 18.2 Å². The lowest BCUT2D eigenvalue weighted by Gasteiger charge is -2.46. The molecule has 2 heterocycles. The smallest absolute Gasteiger partial charge is 0.286 e. The van der Waals surface area contributed by atoms with Crippen molar-refractivity contribution in [3.63, 3.8) is 0 Å². The molecule has 1 fully saturated rings. The van der Waals surface area contributed by atoms with Gasteiger partial charge in [-0.25, -0.2) is 9.35 Å². The highest BCUT2D eigenvalue weighted by atomic mass is 35.5. The third-order valence-corrected chi connectivity index (χ3v) is 10.9. The van der Waals surface area contributed by atoms with E-state index in [0.29, 0.717) is 36.8 Å². The maximum atomic E-state index is 13.2. The van der Waals surface area contributed by atoms with E-state index in [-0.39, 0.29) is 17.3 Å². The average Bonchev–Trinajstić information content (AvgIpc) is 3.06. The standard InChI is InChI=1S/C31H38ClN3O4S/c1-38-28-7-3-2-4-15-40(33,37)34-30(36)22-9-13-29-27(17-22)35(18-23-8-11-25(23)28)19-31(20-39-29)14-5-6-21-16-24(32)10-12-26(21)31/h3,7,9-10,12-13,16-17,23,25,28H,2,4-6,8,11,14-15,18-20H2,1H3,(H2,33,34,36,37)/b7-3+/t23-,25+,28-,31-,40?/m0/s1. The Kier molecular flexibility index (Phi) is 7.72. The lowest BCUT2D eigenvalue weighted by atomic mass is 9.68. The SMILES string of the molecule is CO[C@H]1/C=C/CCCS(N)(=O)=NC(=O)c2ccc3c(c2)N(C[C@@H]2CC[C@H]21)C[C@@]1(CCCc2cc(Cl)ccc21)CO3. The van der Waals surface area contributed by atoms with Gasteiger partial charge in [-0.3, -0.25) is 4.79 Å². The third-order valence-electron chi connectivity index (χ3n) is 9.28. The monoisotopic (exact) mass is 583 g/mol. The topological polar surface area (TPSA) is 94.2 Å². The second-order valence-corrected chi connectivity index (χ2v) is 14.3. The summed E-state index contributed by atoms with van der Waals surface area (Å²) < 4.78 is 29.4. The molecule has 5 atom stereocenters. The van der Waals surface area contributed by atoms with Gasteiger partial charge in [-0.05, 0) is 98.2 Å².